The van der Waals surface area contributed by atoms with E-state index in [1.165, 1.54) is 11.3 Å². The lowest BCUT2D eigenvalue weighted by atomic mass is 10.2. The minimum absolute atomic E-state index is 0.219. The molecule has 3 aromatic rings. The molecule has 1 atom stereocenters. The number of hydrogen-bond donors (Lipinski definition) is 2. The highest BCUT2D eigenvalue weighted by molar-refractivity contribution is 8.15. The predicted molar refractivity (Wildman–Crippen MR) is 124 cm³/mol. The molecule has 1 saturated heterocycles. The summed E-state index contributed by atoms with van der Waals surface area (Å²) in [7, 11) is 0. The van der Waals surface area contributed by atoms with Crippen LogP contribution in [0.3, 0.4) is 0 Å². The Bertz CT molecular complexity index is 1180. The molecule has 0 radical (unpaired) electrons. The number of aromatic nitrogens is 1. The number of thioether (sulfide) groups is 1. The second kappa shape index (κ2) is 9.79. The number of hydrogen-bond acceptors (Lipinski definition) is 10. The number of carbonyl (C=O) groups excluding carboxylic acids is 3. The molecule has 0 bridgehead atoms. The maximum Gasteiger partial charge on any atom is 0.312 e. The summed E-state index contributed by atoms with van der Waals surface area (Å²) in [6, 6.07) is 12.8. The molecule has 0 unspecified atom stereocenters. The molecule has 2 heterocycles. The number of thiazole rings is 1. The van der Waals surface area contributed by atoms with Crippen LogP contribution in [0.4, 0.5) is 9.93 Å². The minimum Gasteiger partial charge on any atom is -0.490 e. The van der Waals surface area contributed by atoms with Crippen molar-refractivity contribution in [3.8, 4) is 11.5 Å². The van der Waals surface area contributed by atoms with Gasteiger partial charge in [0.25, 0.3) is 5.24 Å². The van der Waals surface area contributed by atoms with E-state index in [-0.39, 0.29) is 12.2 Å². The van der Waals surface area contributed by atoms with Crippen LogP contribution in [0.2, 0.25) is 0 Å². The van der Waals surface area contributed by atoms with Crippen molar-refractivity contribution >= 4 is 61.8 Å². The normalized spacial score (nSPS) is 15.8. The van der Waals surface area contributed by atoms with Crippen molar-refractivity contribution in [1.82, 2.24) is 10.3 Å². The van der Waals surface area contributed by atoms with Gasteiger partial charge in [-0.25, -0.2) is 4.98 Å². The highest BCUT2D eigenvalue weighted by Gasteiger charge is 2.34. The molecule has 1 fully saturated rings. The van der Waals surface area contributed by atoms with Gasteiger partial charge in [-0.2, -0.15) is 5.10 Å². The molecule has 0 spiro atoms. The summed E-state index contributed by atoms with van der Waals surface area (Å²) in [4.78, 5) is 39.6. The third-order valence-electron chi connectivity index (χ3n) is 4.28. The summed E-state index contributed by atoms with van der Waals surface area (Å²) in [6.07, 6.45) is 1.38. The van der Waals surface area contributed by atoms with Gasteiger partial charge in [-0.1, -0.05) is 35.2 Å². The quantitative estimate of drug-likeness (QED) is 0.221. The first kappa shape index (κ1) is 21.8. The van der Waals surface area contributed by atoms with Crippen molar-refractivity contribution in [3.05, 3.63) is 48.0 Å². The van der Waals surface area contributed by atoms with Gasteiger partial charge in [-0.15, -0.1) is 0 Å². The Hall–Kier alpha value is -3.44. The van der Waals surface area contributed by atoms with Gasteiger partial charge in [-0.3, -0.25) is 25.1 Å². The SMILES string of the molecule is CCOc1cc(/C=N\Nc2nc3ccccc3s2)ccc1OC(=O)C[C@H]1SC(=O)NC1=O. The van der Waals surface area contributed by atoms with Crippen LogP contribution in [0.5, 0.6) is 11.5 Å². The summed E-state index contributed by atoms with van der Waals surface area (Å²) in [5, 5.41) is 5.77. The Morgan fingerprint density at radius 3 is 2.84 bits per heavy atom. The number of nitrogens with zero attached hydrogens (tertiary/aromatic N) is 2. The fourth-order valence-electron chi connectivity index (χ4n) is 2.88. The number of esters is 1. The molecular weight excluding hydrogens is 452 g/mol. The van der Waals surface area contributed by atoms with Crippen molar-refractivity contribution in [2.75, 3.05) is 12.0 Å². The van der Waals surface area contributed by atoms with Gasteiger partial charge < -0.3 is 9.47 Å². The molecule has 164 valence electrons. The van der Waals surface area contributed by atoms with Crippen LogP contribution in [0.15, 0.2) is 47.6 Å². The molecule has 0 saturated carbocycles. The molecule has 2 amide bonds. The first-order valence-corrected chi connectivity index (χ1v) is 11.3. The number of imide groups is 1. The second-order valence-corrected chi connectivity index (χ2v) is 8.76. The van der Waals surface area contributed by atoms with Crippen LogP contribution < -0.4 is 20.2 Å². The lowest BCUT2D eigenvalue weighted by molar-refractivity contribution is -0.136. The van der Waals surface area contributed by atoms with Gasteiger partial charge in [0.2, 0.25) is 11.0 Å². The van der Waals surface area contributed by atoms with Crippen LogP contribution in [-0.2, 0) is 9.59 Å². The number of hydrazone groups is 1. The summed E-state index contributed by atoms with van der Waals surface area (Å²) in [5.74, 6) is -0.534. The van der Waals surface area contributed by atoms with Gasteiger partial charge in [0, 0.05) is 0 Å². The van der Waals surface area contributed by atoms with Gasteiger partial charge in [0.15, 0.2) is 11.5 Å². The highest BCUT2D eigenvalue weighted by Crippen LogP contribution is 2.30. The summed E-state index contributed by atoms with van der Waals surface area (Å²) < 4.78 is 12.0. The smallest absolute Gasteiger partial charge is 0.312 e. The third-order valence-corrected chi connectivity index (χ3v) is 6.20. The van der Waals surface area contributed by atoms with E-state index in [2.05, 4.69) is 20.8 Å². The maximum atomic E-state index is 12.2. The predicted octanol–water partition coefficient (Wildman–Crippen LogP) is 3.79. The number of anilines is 1. The van der Waals surface area contributed by atoms with E-state index in [4.69, 9.17) is 9.47 Å². The van der Waals surface area contributed by atoms with Crippen LogP contribution >= 0.6 is 23.1 Å². The van der Waals surface area contributed by atoms with Crippen LogP contribution in [-0.4, -0.2) is 40.2 Å². The van der Waals surface area contributed by atoms with Gasteiger partial charge in [0.05, 0.1) is 29.5 Å². The van der Waals surface area contributed by atoms with Gasteiger partial charge in [-0.05, 0) is 42.8 Å². The minimum atomic E-state index is -0.787. The zero-order valence-corrected chi connectivity index (χ0v) is 18.5. The average molecular weight is 471 g/mol. The topological polar surface area (TPSA) is 119 Å². The molecule has 11 heteroatoms. The number of amides is 2. The first-order valence-electron chi connectivity index (χ1n) is 9.65. The Morgan fingerprint density at radius 2 is 2.09 bits per heavy atom. The average Bonchev–Trinajstić information content (AvgIpc) is 3.31. The molecule has 0 aliphatic carbocycles. The van der Waals surface area contributed by atoms with Crippen molar-refractivity contribution in [2.45, 2.75) is 18.6 Å². The maximum absolute atomic E-state index is 12.2. The van der Waals surface area contributed by atoms with Crippen molar-refractivity contribution < 1.29 is 23.9 Å². The highest BCUT2D eigenvalue weighted by atomic mass is 32.2. The van der Waals surface area contributed by atoms with E-state index in [0.29, 0.717) is 17.5 Å². The Kier molecular flexibility index (Phi) is 6.66. The lowest BCUT2D eigenvalue weighted by Gasteiger charge is -2.12. The standard InChI is InChI=1S/C21H18N4O5S2/c1-2-29-15-9-12(11-22-25-20-23-13-5-3-4-6-16(13)31-20)7-8-14(15)30-18(26)10-17-19(27)24-21(28)32-17/h3-9,11,17H,2,10H2,1H3,(H,23,25)(H,24,27,28)/b22-11-/t17-/m1/s1. The number of nitrogens with one attached hydrogen (secondary N) is 2. The number of para-hydroxylation sites is 1. The molecular formula is C21H18N4O5S2. The largest absolute Gasteiger partial charge is 0.490 e. The van der Waals surface area contributed by atoms with Crippen LogP contribution in [0, 0.1) is 0 Å². The fraction of sp³-hybridized carbons (Fsp3) is 0.190. The Labute approximate surface area is 191 Å². The fourth-order valence-corrected chi connectivity index (χ4v) is 4.50. The summed E-state index contributed by atoms with van der Waals surface area (Å²) in [5.41, 5.74) is 4.53. The number of carbonyl (C=O) groups is 3. The molecule has 1 aliphatic rings. The third kappa shape index (κ3) is 5.24. The van der Waals surface area contributed by atoms with Gasteiger partial charge >= 0.3 is 5.97 Å². The van der Waals surface area contributed by atoms with E-state index in [9.17, 15) is 14.4 Å². The van der Waals surface area contributed by atoms with Crippen LogP contribution in [0.25, 0.3) is 10.2 Å². The van der Waals surface area contributed by atoms with E-state index in [0.717, 1.165) is 27.5 Å². The monoisotopic (exact) mass is 470 g/mol. The molecule has 1 aliphatic heterocycles. The van der Waals surface area contributed by atoms with Crippen LogP contribution in [0.1, 0.15) is 18.9 Å². The van der Waals surface area contributed by atoms with Gasteiger partial charge in [0.1, 0.15) is 5.25 Å². The molecule has 9 nitrogen and oxygen atoms in total. The molecule has 1 aromatic heterocycles. The molecule has 32 heavy (non-hydrogen) atoms. The summed E-state index contributed by atoms with van der Waals surface area (Å²) in [6.45, 7) is 2.18. The molecule has 2 aromatic carbocycles. The van der Waals surface area contributed by atoms with E-state index < -0.39 is 22.4 Å². The Morgan fingerprint density at radius 1 is 1.25 bits per heavy atom. The molecule has 4 rings (SSSR count). The van der Waals surface area contributed by atoms with E-state index in [1.807, 2.05) is 31.2 Å². The lowest BCUT2D eigenvalue weighted by Crippen LogP contribution is -2.27. The summed E-state index contributed by atoms with van der Waals surface area (Å²) >= 11 is 2.27. The zero-order valence-electron chi connectivity index (χ0n) is 16.9. The number of ether oxygens (including phenoxy) is 2. The zero-order chi connectivity index (χ0) is 22.5. The molecule has 2 N–H and O–H groups in total. The van der Waals surface area contributed by atoms with E-state index in [1.54, 1.807) is 24.4 Å². The van der Waals surface area contributed by atoms with E-state index >= 15 is 0 Å². The van der Waals surface area contributed by atoms with Crippen molar-refractivity contribution in [3.63, 3.8) is 0 Å². The van der Waals surface area contributed by atoms with Crippen molar-refractivity contribution in [1.29, 1.82) is 0 Å². The second-order valence-electron chi connectivity index (χ2n) is 6.56. The number of fused-ring (bicyclic) bond motifs is 1. The number of rotatable bonds is 8. The van der Waals surface area contributed by atoms with Crippen molar-refractivity contribution in [2.24, 2.45) is 5.10 Å². The Balaban J connectivity index is 1.41. The number of benzene rings is 2. The first-order chi connectivity index (χ1) is 15.5.